The predicted molar refractivity (Wildman–Crippen MR) is 106 cm³/mol. The Labute approximate surface area is 176 Å². The second-order valence-electron chi connectivity index (χ2n) is 6.48. The number of rotatable bonds is 7. The van der Waals surface area contributed by atoms with Crippen LogP contribution in [-0.2, 0) is 24.2 Å². The maximum absolute atomic E-state index is 13.0. The summed E-state index contributed by atoms with van der Waals surface area (Å²) in [4.78, 5) is 36.9. The van der Waals surface area contributed by atoms with Gasteiger partial charge < -0.3 is 9.84 Å². The molecule has 0 bridgehead atoms. The van der Waals surface area contributed by atoms with Gasteiger partial charge in [-0.3, -0.25) is 18.7 Å². The fraction of sp³-hybridized carbons (Fsp3) is 0.316. The van der Waals surface area contributed by atoms with Crippen molar-refractivity contribution in [1.82, 2.24) is 9.13 Å². The van der Waals surface area contributed by atoms with Crippen LogP contribution in [0.15, 0.2) is 39.9 Å². The summed E-state index contributed by atoms with van der Waals surface area (Å²) in [6.07, 6.45) is -6.16. The number of fused-ring (bicyclic) bond motifs is 1. The number of halogens is 3. The van der Waals surface area contributed by atoms with Gasteiger partial charge in [-0.1, -0.05) is 41.7 Å². The molecule has 3 rings (SSSR count). The number of nitrogens with zero attached hydrogens (tertiary/aromatic N) is 2. The molecule has 0 atom stereocenters. The Morgan fingerprint density at radius 1 is 1.13 bits per heavy atom. The molecule has 166 valence electrons. The van der Waals surface area contributed by atoms with Gasteiger partial charge in [0.15, 0.2) is 5.06 Å². The van der Waals surface area contributed by atoms with Crippen molar-refractivity contribution in [3.63, 3.8) is 0 Å². The van der Waals surface area contributed by atoms with Crippen LogP contribution in [0.4, 0.5) is 18.0 Å². The van der Waals surface area contributed by atoms with Crippen molar-refractivity contribution in [3.05, 3.63) is 62.3 Å². The first kappa shape index (κ1) is 22.6. The Morgan fingerprint density at radius 2 is 1.81 bits per heavy atom. The van der Waals surface area contributed by atoms with Gasteiger partial charge in [0.25, 0.3) is 5.56 Å². The van der Waals surface area contributed by atoms with Crippen LogP contribution in [0.3, 0.4) is 0 Å². The van der Waals surface area contributed by atoms with Crippen LogP contribution in [0, 0.1) is 6.92 Å². The first-order chi connectivity index (χ1) is 14.6. The van der Waals surface area contributed by atoms with Gasteiger partial charge in [0.2, 0.25) is 0 Å². The maximum Gasteiger partial charge on any atom is 0.522 e. The minimum Gasteiger partial charge on any atom is -0.449 e. The van der Waals surface area contributed by atoms with Crippen molar-refractivity contribution in [3.8, 4) is 5.06 Å². The van der Waals surface area contributed by atoms with E-state index in [-0.39, 0.29) is 27.4 Å². The number of hydrogen-bond acceptors (Lipinski definition) is 6. The monoisotopic (exact) mass is 458 g/mol. The zero-order valence-electron chi connectivity index (χ0n) is 16.1. The molecule has 2 aromatic heterocycles. The predicted octanol–water partition coefficient (Wildman–Crippen LogP) is 3.37. The van der Waals surface area contributed by atoms with E-state index >= 15 is 0 Å². The van der Waals surface area contributed by atoms with Gasteiger partial charge in [-0.2, -0.15) is 0 Å². The minimum absolute atomic E-state index is 0.0118. The molecule has 1 aromatic carbocycles. The molecule has 0 amide bonds. The normalized spacial score (nSPS) is 11.7. The zero-order chi connectivity index (χ0) is 22.8. The van der Waals surface area contributed by atoms with Gasteiger partial charge >= 0.3 is 18.2 Å². The summed E-state index contributed by atoms with van der Waals surface area (Å²) in [5.41, 5.74) is -0.440. The van der Waals surface area contributed by atoms with E-state index in [9.17, 15) is 27.6 Å². The van der Waals surface area contributed by atoms with Crippen molar-refractivity contribution in [2.75, 3.05) is 6.61 Å². The minimum atomic E-state index is -4.88. The van der Waals surface area contributed by atoms with Crippen LogP contribution >= 0.6 is 11.3 Å². The van der Waals surface area contributed by atoms with E-state index in [0.717, 1.165) is 14.7 Å². The van der Waals surface area contributed by atoms with Gasteiger partial charge in [-0.25, -0.2) is 9.59 Å². The fourth-order valence-electron chi connectivity index (χ4n) is 3.08. The summed E-state index contributed by atoms with van der Waals surface area (Å²) < 4.78 is 47.5. The van der Waals surface area contributed by atoms with Crippen LogP contribution < -0.4 is 16.0 Å². The number of carbonyl (C=O) groups is 1. The molecular formula is C19H17F3N2O6S. The van der Waals surface area contributed by atoms with Crippen LogP contribution in [0.25, 0.3) is 10.2 Å². The van der Waals surface area contributed by atoms with Crippen molar-refractivity contribution in [2.45, 2.75) is 32.8 Å². The van der Waals surface area contributed by atoms with E-state index in [1.165, 1.54) is 6.92 Å². The van der Waals surface area contributed by atoms with Crippen molar-refractivity contribution >= 4 is 27.7 Å². The second-order valence-corrected chi connectivity index (χ2v) is 7.45. The third kappa shape index (κ3) is 5.14. The number of thiophene rings is 1. The third-order valence-corrected chi connectivity index (χ3v) is 5.67. The first-order valence-corrected chi connectivity index (χ1v) is 9.82. The van der Waals surface area contributed by atoms with Gasteiger partial charge in [-0.05, 0) is 18.9 Å². The standard InChI is InChI=1S/C19H17F3N2O6S/c1-11-13-14(25)23(8-7-12-5-3-2-4-6-12)17(26)24(9-10-29-19(20,21)22)15(13)31-16(11)30-18(27)28/h2-6H,7-10H2,1H3,(H,27,28). The number of hydrogen-bond donors (Lipinski definition) is 1. The highest BCUT2D eigenvalue weighted by molar-refractivity contribution is 7.20. The largest absolute Gasteiger partial charge is 0.522 e. The Bertz CT molecular complexity index is 1210. The molecule has 0 aliphatic rings. The van der Waals surface area contributed by atoms with Gasteiger partial charge in [0.1, 0.15) is 4.83 Å². The van der Waals surface area contributed by atoms with E-state index in [4.69, 9.17) is 5.11 Å². The lowest BCUT2D eigenvalue weighted by Crippen LogP contribution is -2.41. The highest BCUT2D eigenvalue weighted by Gasteiger charge is 2.29. The number of carboxylic acid groups (broad SMARTS) is 1. The average Bonchev–Trinajstić information content (AvgIpc) is 3.00. The van der Waals surface area contributed by atoms with Gasteiger partial charge in [-0.15, -0.1) is 13.2 Å². The Morgan fingerprint density at radius 3 is 2.42 bits per heavy atom. The van der Waals surface area contributed by atoms with E-state index < -0.39 is 36.9 Å². The second kappa shape index (κ2) is 8.94. The summed E-state index contributed by atoms with van der Waals surface area (Å²) in [7, 11) is 0. The van der Waals surface area contributed by atoms with Crippen LogP contribution in [0.2, 0.25) is 0 Å². The lowest BCUT2D eigenvalue weighted by Gasteiger charge is -2.13. The molecule has 0 radical (unpaired) electrons. The Kier molecular flexibility index (Phi) is 6.51. The number of ether oxygens (including phenoxy) is 2. The first-order valence-electron chi connectivity index (χ1n) is 9.00. The third-order valence-electron chi connectivity index (χ3n) is 4.48. The molecule has 0 aliphatic heterocycles. The smallest absolute Gasteiger partial charge is 0.449 e. The van der Waals surface area contributed by atoms with Crippen LogP contribution in [0.5, 0.6) is 5.06 Å². The van der Waals surface area contributed by atoms with Crippen molar-refractivity contribution < 1.29 is 32.5 Å². The molecule has 0 saturated carbocycles. The number of benzene rings is 1. The summed E-state index contributed by atoms with van der Waals surface area (Å²) in [6.45, 7) is 0.0810. The topological polar surface area (TPSA) is 99.8 Å². The molecule has 8 nitrogen and oxygen atoms in total. The number of aryl methyl sites for hydroxylation is 2. The maximum atomic E-state index is 13.0. The zero-order valence-corrected chi connectivity index (χ0v) is 17.0. The molecule has 12 heteroatoms. The van der Waals surface area contributed by atoms with E-state index in [1.807, 2.05) is 18.2 Å². The molecule has 31 heavy (non-hydrogen) atoms. The van der Waals surface area contributed by atoms with E-state index in [1.54, 1.807) is 12.1 Å². The van der Waals surface area contributed by atoms with Crippen LogP contribution in [0.1, 0.15) is 11.1 Å². The summed E-state index contributed by atoms with van der Waals surface area (Å²) in [5, 5.41) is 8.77. The number of aromatic nitrogens is 2. The lowest BCUT2D eigenvalue weighted by molar-refractivity contribution is -0.325. The summed E-state index contributed by atoms with van der Waals surface area (Å²) in [5.74, 6) is 0. The highest BCUT2D eigenvalue weighted by atomic mass is 32.1. The molecule has 1 N–H and O–H groups in total. The SMILES string of the molecule is Cc1c(OC(=O)O)sc2c1c(=O)n(CCc1ccccc1)c(=O)n2CCOC(F)(F)F. The van der Waals surface area contributed by atoms with E-state index in [2.05, 4.69) is 9.47 Å². The fourth-order valence-corrected chi connectivity index (χ4v) is 4.25. The Hall–Kier alpha value is -3.12. The van der Waals surface area contributed by atoms with E-state index in [0.29, 0.717) is 17.8 Å². The molecule has 3 aromatic rings. The summed E-state index contributed by atoms with van der Waals surface area (Å²) in [6, 6.07) is 9.04. The van der Waals surface area contributed by atoms with Crippen molar-refractivity contribution in [2.24, 2.45) is 0 Å². The van der Waals surface area contributed by atoms with Crippen LogP contribution in [-0.4, -0.2) is 33.4 Å². The molecule has 0 aliphatic carbocycles. The average molecular weight is 458 g/mol. The molecule has 0 spiro atoms. The van der Waals surface area contributed by atoms with Crippen molar-refractivity contribution in [1.29, 1.82) is 0 Å². The quantitative estimate of drug-likeness (QED) is 0.545. The highest BCUT2D eigenvalue weighted by Crippen LogP contribution is 2.34. The Balaban J connectivity index is 2.09. The summed E-state index contributed by atoms with van der Waals surface area (Å²) >= 11 is 0.698. The molecular weight excluding hydrogens is 441 g/mol. The molecule has 0 unspecified atom stereocenters. The van der Waals surface area contributed by atoms with Gasteiger partial charge in [0, 0.05) is 12.1 Å². The van der Waals surface area contributed by atoms with Gasteiger partial charge in [0.05, 0.1) is 18.5 Å². The molecule has 0 saturated heterocycles. The number of alkyl halides is 3. The molecule has 0 fully saturated rings. The lowest BCUT2D eigenvalue weighted by atomic mass is 10.1. The molecule has 2 heterocycles.